The van der Waals surface area contributed by atoms with Crippen molar-refractivity contribution in [2.75, 3.05) is 0 Å². The van der Waals surface area contributed by atoms with Crippen molar-refractivity contribution in [2.45, 2.75) is 19.2 Å². The smallest absolute Gasteiger partial charge is 0.429 e. The predicted octanol–water partition coefficient (Wildman–Crippen LogP) is 9.17. The molecule has 38 heavy (non-hydrogen) atoms. The summed E-state index contributed by atoms with van der Waals surface area (Å²) in [4.78, 5) is 0. The van der Waals surface area contributed by atoms with E-state index in [0.717, 1.165) is 17.7 Å². The Labute approximate surface area is 208 Å². The highest BCUT2D eigenvalue weighted by Gasteiger charge is 2.42. The van der Waals surface area contributed by atoms with Gasteiger partial charge in [-0.1, -0.05) is 48.0 Å². The summed E-state index contributed by atoms with van der Waals surface area (Å²) in [5, 5.41) is 0. The Morgan fingerprint density at radius 1 is 0.579 bits per heavy atom. The fourth-order valence-electron chi connectivity index (χ4n) is 3.72. The van der Waals surface area contributed by atoms with Crippen LogP contribution < -0.4 is 4.74 Å². The Hall–Kier alpha value is -4.02. The van der Waals surface area contributed by atoms with E-state index in [0.29, 0.717) is 23.3 Å². The van der Waals surface area contributed by atoms with Crippen LogP contribution in [0.4, 0.5) is 43.9 Å². The maximum absolute atomic E-state index is 14.8. The molecule has 198 valence electrons. The van der Waals surface area contributed by atoms with Crippen LogP contribution in [0, 0.1) is 36.0 Å². The largest absolute Gasteiger partial charge is 0.429 e. The van der Waals surface area contributed by atoms with Gasteiger partial charge in [-0.3, -0.25) is 0 Å². The monoisotopic (exact) mass is 544 g/mol. The lowest BCUT2D eigenvalue weighted by atomic mass is 9.97. The minimum Gasteiger partial charge on any atom is -0.429 e. The van der Waals surface area contributed by atoms with E-state index in [4.69, 9.17) is 0 Å². The molecule has 0 atom stereocenters. The Bertz CT molecular complexity index is 1490. The molecule has 0 N–H and O–H groups in total. The maximum Gasteiger partial charge on any atom is 0.429 e. The van der Waals surface area contributed by atoms with Crippen molar-refractivity contribution < 1.29 is 48.6 Å². The van der Waals surface area contributed by atoms with Gasteiger partial charge in [-0.15, -0.1) is 0 Å². The molecule has 0 radical (unpaired) electrons. The zero-order valence-corrected chi connectivity index (χ0v) is 19.0. The summed E-state index contributed by atoms with van der Waals surface area (Å²) in [6.45, 7) is 1.85. The fraction of sp³-hybridized carbons (Fsp3) is 0.111. The van der Waals surface area contributed by atoms with Gasteiger partial charge in [0.2, 0.25) is 0 Å². The summed E-state index contributed by atoms with van der Waals surface area (Å²) in [5.74, 6) is -10.9. The van der Waals surface area contributed by atoms with Crippen molar-refractivity contribution in [1.82, 2.24) is 0 Å². The Morgan fingerprint density at radius 2 is 1.13 bits per heavy atom. The molecule has 0 saturated heterocycles. The van der Waals surface area contributed by atoms with Gasteiger partial charge in [-0.2, -0.15) is 22.0 Å². The van der Waals surface area contributed by atoms with Gasteiger partial charge in [0, 0.05) is 23.3 Å². The second-order valence-corrected chi connectivity index (χ2v) is 8.23. The van der Waals surface area contributed by atoms with Gasteiger partial charge in [0.15, 0.2) is 11.6 Å². The fourth-order valence-corrected chi connectivity index (χ4v) is 3.72. The van der Waals surface area contributed by atoms with E-state index in [1.54, 1.807) is 24.3 Å². The number of rotatable bonds is 5. The quantitative estimate of drug-likeness (QED) is 0.228. The lowest BCUT2D eigenvalue weighted by molar-refractivity contribution is -0.188. The van der Waals surface area contributed by atoms with Crippen LogP contribution in [0.25, 0.3) is 22.3 Å². The third-order valence-corrected chi connectivity index (χ3v) is 5.59. The van der Waals surface area contributed by atoms with E-state index in [2.05, 4.69) is 4.74 Å². The number of hydrogen-bond acceptors (Lipinski definition) is 1. The van der Waals surface area contributed by atoms with Gasteiger partial charge in [-0.25, -0.2) is 22.0 Å². The molecular weight excluding hydrogens is 530 g/mol. The molecule has 11 heteroatoms. The van der Waals surface area contributed by atoms with E-state index < -0.39 is 69.4 Å². The highest BCUT2D eigenvalue weighted by molar-refractivity contribution is 5.72. The van der Waals surface area contributed by atoms with Gasteiger partial charge < -0.3 is 4.74 Å². The summed E-state index contributed by atoms with van der Waals surface area (Å²) in [5.41, 5.74) is -3.23. The third-order valence-electron chi connectivity index (χ3n) is 5.59. The summed E-state index contributed by atoms with van der Waals surface area (Å²) in [7, 11) is 0. The highest BCUT2D eigenvalue weighted by Crippen LogP contribution is 2.40. The molecule has 0 bridgehead atoms. The molecule has 0 unspecified atom stereocenters. The molecule has 1 nitrogen and oxygen atoms in total. The molecule has 4 rings (SSSR count). The minimum atomic E-state index is -5.46. The molecule has 0 aromatic heterocycles. The van der Waals surface area contributed by atoms with Crippen molar-refractivity contribution in [1.29, 1.82) is 0 Å². The molecule has 4 aromatic carbocycles. The van der Waals surface area contributed by atoms with Gasteiger partial charge in [-0.05, 0) is 30.2 Å². The number of ether oxygens (including phenoxy) is 1. The molecular formula is C27H14F10O. The Balaban J connectivity index is 1.66. The van der Waals surface area contributed by atoms with E-state index in [9.17, 15) is 43.9 Å². The Kier molecular flexibility index (Phi) is 6.90. The number of aryl methyl sites for hydroxylation is 1. The van der Waals surface area contributed by atoms with Crippen LogP contribution in [0.1, 0.15) is 16.7 Å². The summed E-state index contributed by atoms with van der Waals surface area (Å²) >= 11 is 0. The van der Waals surface area contributed by atoms with Gasteiger partial charge in [0.1, 0.15) is 34.3 Å². The average Bonchev–Trinajstić information content (AvgIpc) is 2.79. The Morgan fingerprint density at radius 3 is 1.68 bits per heavy atom. The first-order valence-electron chi connectivity index (χ1n) is 10.7. The van der Waals surface area contributed by atoms with E-state index in [1.165, 1.54) is 6.07 Å². The maximum atomic E-state index is 14.8. The van der Waals surface area contributed by atoms with Gasteiger partial charge >= 0.3 is 12.3 Å². The van der Waals surface area contributed by atoms with Crippen LogP contribution in [0.5, 0.6) is 5.75 Å². The van der Waals surface area contributed by atoms with Crippen LogP contribution in [0.3, 0.4) is 0 Å². The number of halogens is 10. The first kappa shape index (κ1) is 27.0. The molecule has 0 fully saturated rings. The van der Waals surface area contributed by atoms with Crippen LogP contribution in [-0.2, 0) is 12.3 Å². The van der Waals surface area contributed by atoms with Crippen LogP contribution in [0.2, 0.25) is 0 Å². The molecule has 0 aliphatic rings. The first-order chi connectivity index (χ1) is 17.7. The number of hydrogen-bond donors (Lipinski definition) is 0. The average molecular weight is 544 g/mol. The zero-order chi connectivity index (χ0) is 28.0. The minimum absolute atomic E-state index is 0.173. The molecule has 0 saturated carbocycles. The van der Waals surface area contributed by atoms with Crippen LogP contribution >= 0.6 is 0 Å². The molecule has 0 aliphatic heterocycles. The third kappa shape index (κ3) is 5.18. The topological polar surface area (TPSA) is 9.23 Å². The first-order valence-corrected chi connectivity index (χ1v) is 10.7. The normalized spacial score (nSPS) is 12.1. The lowest BCUT2D eigenvalue weighted by Gasteiger charge is -2.20. The zero-order valence-electron chi connectivity index (χ0n) is 19.0. The molecule has 0 spiro atoms. The van der Waals surface area contributed by atoms with Crippen molar-refractivity contribution >= 4 is 0 Å². The molecule has 0 heterocycles. The standard InChI is InChI=1S/C27H14F10O/c1-13-2-4-14(5-3-13)15-6-7-17(20(28)10-15)18-8-9-19(25(32)24(18)31)27(36,37)38-16-11-21(29)23(22(30)12-16)26(33,34)35/h2-12H,1H3. The van der Waals surface area contributed by atoms with Crippen LogP contribution in [0.15, 0.2) is 66.7 Å². The van der Waals surface area contributed by atoms with Crippen molar-refractivity contribution in [3.63, 3.8) is 0 Å². The van der Waals surface area contributed by atoms with E-state index in [-0.39, 0.29) is 12.1 Å². The van der Waals surface area contributed by atoms with Gasteiger partial charge in [0.05, 0.1) is 0 Å². The summed E-state index contributed by atoms with van der Waals surface area (Å²) < 4.78 is 143. The number of benzene rings is 4. The summed E-state index contributed by atoms with van der Waals surface area (Å²) in [6.07, 6.45) is -10.2. The van der Waals surface area contributed by atoms with Crippen LogP contribution in [-0.4, -0.2) is 0 Å². The summed E-state index contributed by atoms with van der Waals surface area (Å²) in [6, 6.07) is 11.3. The second-order valence-electron chi connectivity index (χ2n) is 8.23. The SMILES string of the molecule is Cc1ccc(-c2ccc(-c3ccc(C(F)(F)Oc4cc(F)c(C(F)(F)F)c(F)c4)c(F)c3F)c(F)c2)cc1. The van der Waals surface area contributed by atoms with Crippen molar-refractivity contribution in [3.8, 4) is 28.0 Å². The predicted molar refractivity (Wildman–Crippen MR) is 118 cm³/mol. The lowest BCUT2D eigenvalue weighted by Crippen LogP contribution is -2.24. The van der Waals surface area contributed by atoms with Crippen molar-refractivity contribution in [3.05, 3.63) is 113 Å². The van der Waals surface area contributed by atoms with Crippen molar-refractivity contribution in [2.24, 2.45) is 0 Å². The van der Waals surface area contributed by atoms with E-state index in [1.807, 2.05) is 6.92 Å². The highest BCUT2D eigenvalue weighted by atomic mass is 19.4. The molecule has 4 aromatic rings. The number of alkyl halides is 5. The second kappa shape index (κ2) is 9.70. The molecule has 0 aliphatic carbocycles. The van der Waals surface area contributed by atoms with Gasteiger partial charge in [0.25, 0.3) is 0 Å². The molecule has 0 amide bonds. The van der Waals surface area contributed by atoms with E-state index >= 15 is 0 Å².